The molecule has 0 unspecified atom stereocenters. The van der Waals surface area contributed by atoms with E-state index < -0.39 is 0 Å². The molecule has 0 fully saturated rings. The Kier molecular flexibility index (Phi) is 7.77. The molecule has 0 atom stereocenters. The minimum atomic E-state index is -0.294. The van der Waals surface area contributed by atoms with Crippen LogP contribution in [0.1, 0.15) is 38.2 Å². The molecule has 0 aliphatic heterocycles. The number of esters is 1. The maximum atomic E-state index is 11.2. The summed E-state index contributed by atoms with van der Waals surface area (Å²) in [5.41, 5.74) is 1.77. The number of hydrogen-bond donors (Lipinski definition) is 0. The Morgan fingerprint density at radius 1 is 0.880 bits per heavy atom. The van der Waals surface area contributed by atoms with Crippen molar-refractivity contribution < 1.29 is 14.3 Å². The summed E-state index contributed by atoms with van der Waals surface area (Å²) in [6.45, 7) is 5.71. The minimum Gasteiger partial charge on any atom is -0.462 e. The maximum Gasteiger partial charge on any atom is 0.333 e. The zero-order valence-corrected chi connectivity index (χ0v) is 14.9. The van der Waals surface area contributed by atoms with E-state index in [0.29, 0.717) is 12.2 Å². The lowest BCUT2D eigenvalue weighted by Crippen LogP contribution is -2.06. The standard InChI is InChI=1S/C22H26O3/c1-18(2)22(23)24-17-9-4-3-6-10-19-13-15-21(16-14-19)25-20-11-7-5-8-12-20/h5,7-8,11-16H,1,3-4,6,9-10,17H2,2H3. The fraction of sp³-hybridized carbons (Fsp3) is 0.318. The average molecular weight is 338 g/mol. The molecule has 2 aromatic rings. The molecule has 2 rings (SSSR count). The number of para-hydroxylation sites is 1. The van der Waals surface area contributed by atoms with Gasteiger partial charge in [0.05, 0.1) is 6.61 Å². The van der Waals surface area contributed by atoms with Gasteiger partial charge in [-0.3, -0.25) is 0 Å². The van der Waals surface area contributed by atoms with Gasteiger partial charge in [0.1, 0.15) is 11.5 Å². The number of hydrogen-bond acceptors (Lipinski definition) is 3. The van der Waals surface area contributed by atoms with Gasteiger partial charge in [-0.15, -0.1) is 0 Å². The molecule has 0 spiro atoms. The summed E-state index contributed by atoms with van der Waals surface area (Å²) in [6, 6.07) is 18.1. The normalized spacial score (nSPS) is 10.3. The monoisotopic (exact) mass is 338 g/mol. The van der Waals surface area contributed by atoms with E-state index in [0.717, 1.165) is 43.6 Å². The summed E-state index contributed by atoms with van der Waals surface area (Å²) in [5, 5.41) is 0. The van der Waals surface area contributed by atoms with E-state index in [9.17, 15) is 4.79 Å². The number of aryl methyl sites for hydroxylation is 1. The molecule has 132 valence electrons. The zero-order valence-electron chi connectivity index (χ0n) is 14.9. The second kappa shape index (κ2) is 10.3. The summed E-state index contributed by atoms with van der Waals surface area (Å²) in [5.74, 6) is 1.41. The Bertz CT molecular complexity index is 659. The first-order valence-electron chi connectivity index (χ1n) is 8.79. The molecule has 0 N–H and O–H groups in total. The Balaban J connectivity index is 1.60. The van der Waals surface area contributed by atoms with E-state index in [-0.39, 0.29) is 5.97 Å². The average Bonchev–Trinajstić information content (AvgIpc) is 2.63. The fourth-order valence-corrected chi connectivity index (χ4v) is 2.42. The molecule has 0 aliphatic carbocycles. The van der Waals surface area contributed by atoms with Crippen LogP contribution in [0.3, 0.4) is 0 Å². The molecule has 0 radical (unpaired) electrons. The highest BCUT2D eigenvalue weighted by molar-refractivity contribution is 5.86. The Morgan fingerprint density at radius 2 is 1.52 bits per heavy atom. The summed E-state index contributed by atoms with van der Waals surface area (Å²) in [6.07, 6.45) is 5.29. The van der Waals surface area contributed by atoms with Crippen LogP contribution in [0.2, 0.25) is 0 Å². The molecule has 0 aliphatic rings. The van der Waals surface area contributed by atoms with E-state index in [1.807, 2.05) is 42.5 Å². The van der Waals surface area contributed by atoms with E-state index >= 15 is 0 Å². The summed E-state index contributed by atoms with van der Waals surface area (Å²) in [7, 11) is 0. The predicted octanol–water partition coefficient (Wildman–Crippen LogP) is 5.70. The molecule has 0 amide bonds. The minimum absolute atomic E-state index is 0.294. The second-order valence-electron chi connectivity index (χ2n) is 6.14. The Morgan fingerprint density at radius 3 is 2.20 bits per heavy atom. The SMILES string of the molecule is C=C(C)C(=O)OCCCCCCc1ccc(Oc2ccccc2)cc1. The van der Waals surface area contributed by atoms with Crippen LogP contribution >= 0.6 is 0 Å². The third-order valence-electron chi connectivity index (χ3n) is 3.84. The van der Waals surface area contributed by atoms with Crippen LogP contribution in [-0.4, -0.2) is 12.6 Å². The van der Waals surface area contributed by atoms with Crippen LogP contribution in [0.4, 0.5) is 0 Å². The highest BCUT2D eigenvalue weighted by Crippen LogP contribution is 2.21. The van der Waals surface area contributed by atoms with Crippen molar-refractivity contribution >= 4 is 5.97 Å². The van der Waals surface area contributed by atoms with Crippen molar-refractivity contribution in [3.8, 4) is 11.5 Å². The number of benzene rings is 2. The van der Waals surface area contributed by atoms with Crippen LogP contribution in [-0.2, 0) is 16.0 Å². The van der Waals surface area contributed by atoms with E-state index in [1.54, 1.807) is 6.92 Å². The van der Waals surface area contributed by atoms with Gasteiger partial charge < -0.3 is 9.47 Å². The molecule has 0 heterocycles. The van der Waals surface area contributed by atoms with Gasteiger partial charge in [0.25, 0.3) is 0 Å². The number of ether oxygens (including phenoxy) is 2. The predicted molar refractivity (Wildman–Crippen MR) is 101 cm³/mol. The van der Waals surface area contributed by atoms with Crippen molar-refractivity contribution in [2.75, 3.05) is 6.61 Å². The molecular weight excluding hydrogens is 312 g/mol. The first kappa shape index (κ1) is 18.8. The zero-order chi connectivity index (χ0) is 17.9. The number of unbranched alkanes of at least 4 members (excludes halogenated alkanes) is 3. The van der Waals surface area contributed by atoms with Gasteiger partial charge in [-0.1, -0.05) is 49.8 Å². The first-order chi connectivity index (χ1) is 12.1. The number of rotatable bonds is 10. The molecule has 3 heteroatoms. The van der Waals surface area contributed by atoms with E-state index in [1.165, 1.54) is 5.56 Å². The number of carbonyl (C=O) groups excluding carboxylic acids is 1. The van der Waals surface area contributed by atoms with Crippen LogP contribution in [0.5, 0.6) is 11.5 Å². The summed E-state index contributed by atoms with van der Waals surface area (Å²) in [4.78, 5) is 11.2. The van der Waals surface area contributed by atoms with E-state index in [2.05, 4.69) is 18.7 Å². The van der Waals surface area contributed by atoms with Crippen LogP contribution < -0.4 is 4.74 Å². The molecule has 0 saturated carbocycles. The largest absolute Gasteiger partial charge is 0.462 e. The van der Waals surface area contributed by atoms with E-state index in [4.69, 9.17) is 9.47 Å². The summed E-state index contributed by atoms with van der Waals surface area (Å²) >= 11 is 0. The van der Waals surface area contributed by atoms with Crippen LogP contribution in [0.15, 0.2) is 66.7 Å². The van der Waals surface area contributed by atoms with Crippen molar-refractivity contribution in [2.45, 2.75) is 39.0 Å². The highest BCUT2D eigenvalue weighted by atomic mass is 16.5. The topological polar surface area (TPSA) is 35.5 Å². The molecule has 0 aromatic heterocycles. The molecular formula is C22H26O3. The first-order valence-corrected chi connectivity index (χ1v) is 8.79. The molecule has 3 nitrogen and oxygen atoms in total. The van der Waals surface area contributed by atoms with Crippen molar-refractivity contribution in [2.24, 2.45) is 0 Å². The van der Waals surface area contributed by atoms with Gasteiger partial charge >= 0.3 is 5.97 Å². The van der Waals surface area contributed by atoms with Crippen molar-refractivity contribution in [3.63, 3.8) is 0 Å². The van der Waals surface area contributed by atoms with Gasteiger partial charge in [-0.25, -0.2) is 4.79 Å². The van der Waals surface area contributed by atoms with Gasteiger partial charge in [-0.2, -0.15) is 0 Å². The van der Waals surface area contributed by atoms with Gasteiger partial charge in [0, 0.05) is 5.57 Å². The third-order valence-corrected chi connectivity index (χ3v) is 3.84. The van der Waals surface area contributed by atoms with Gasteiger partial charge in [0.15, 0.2) is 0 Å². The lowest BCUT2D eigenvalue weighted by atomic mass is 10.1. The molecule has 25 heavy (non-hydrogen) atoms. The smallest absolute Gasteiger partial charge is 0.333 e. The van der Waals surface area contributed by atoms with Gasteiger partial charge in [0.2, 0.25) is 0 Å². The molecule has 0 saturated heterocycles. The second-order valence-corrected chi connectivity index (χ2v) is 6.14. The Hall–Kier alpha value is -2.55. The number of carbonyl (C=O) groups is 1. The van der Waals surface area contributed by atoms with Crippen molar-refractivity contribution in [1.82, 2.24) is 0 Å². The molecule has 2 aromatic carbocycles. The fourth-order valence-electron chi connectivity index (χ4n) is 2.42. The highest BCUT2D eigenvalue weighted by Gasteiger charge is 2.02. The lowest BCUT2D eigenvalue weighted by Gasteiger charge is -2.07. The Labute approximate surface area is 150 Å². The quantitative estimate of drug-likeness (QED) is 0.317. The lowest BCUT2D eigenvalue weighted by molar-refractivity contribution is -0.139. The van der Waals surface area contributed by atoms with Crippen LogP contribution in [0, 0.1) is 0 Å². The maximum absolute atomic E-state index is 11.2. The van der Waals surface area contributed by atoms with Gasteiger partial charge in [-0.05, 0) is 56.0 Å². The molecule has 0 bridgehead atoms. The summed E-state index contributed by atoms with van der Waals surface area (Å²) < 4.78 is 10.9. The van der Waals surface area contributed by atoms with Crippen molar-refractivity contribution in [1.29, 1.82) is 0 Å². The van der Waals surface area contributed by atoms with Crippen LogP contribution in [0.25, 0.3) is 0 Å². The van der Waals surface area contributed by atoms with Crippen molar-refractivity contribution in [3.05, 3.63) is 72.3 Å². The third kappa shape index (κ3) is 7.25.